The summed E-state index contributed by atoms with van der Waals surface area (Å²) in [5.74, 6) is 2.60. The largest absolute Gasteiger partial charge is 0.497 e. The zero-order chi connectivity index (χ0) is 32.0. The van der Waals surface area contributed by atoms with Crippen molar-refractivity contribution in [2.75, 3.05) is 41.7 Å². The molecule has 7 nitrogen and oxygen atoms in total. The topological polar surface area (TPSA) is 64.6 Å². The van der Waals surface area contributed by atoms with Gasteiger partial charge >= 0.3 is 0 Å². The molecule has 0 aromatic carbocycles. The minimum Gasteiger partial charge on any atom is -0.497 e. The van der Waals surface area contributed by atoms with E-state index < -0.39 is 12.6 Å². The molecule has 0 aromatic heterocycles. The molecule has 0 rings (SSSR count). The lowest BCUT2D eigenvalue weighted by Crippen LogP contribution is -2.33. The summed E-state index contributed by atoms with van der Waals surface area (Å²) in [7, 11) is 6.69. The second-order valence-electron chi connectivity index (χ2n) is 11.4. The summed E-state index contributed by atoms with van der Waals surface area (Å²) in [5, 5.41) is 0. The van der Waals surface area contributed by atoms with Crippen molar-refractivity contribution in [3.8, 4) is 0 Å². The molecule has 0 saturated heterocycles. The fourth-order valence-corrected chi connectivity index (χ4v) is 5.02. The van der Waals surface area contributed by atoms with Crippen molar-refractivity contribution in [1.82, 2.24) is 0 Å². The lowest BCUT2D eigenvalue weighted by atomic mass is 10.1. The maximum absolute atomic E-state index is 6.65. The molecule has 43 heavy (non-hydrogen) atoms. The fraction of sp³-hybridized carbons (Fsp3) is 0.889. The normalized spacial score (nSPS) is 14.1. The monoisotopic (exact) mass is 615 g/mol. The van der Waals surface area contributed by atoms with Crippen LogP contribution in [0, 0.1) is 0 Å². The number of hydrogen-bond donors (Lipinski definition) is 0. The van der Waals surface area contributed by atoms with Gasteiger partial charge in [0.1, 0.15) is 11.5 Å². The van der Waals surface area contributed by atoms with Crippen molar-refractivity contribution in [2.45, 2.75) is 169 Å². The van der Waals surface area contributed by atoms with E-state index in [4.69, 9.17) is 33.2 Å². The summed E-state index contributed by atoms with van der Waals surface area (Å²) in [5.41, 5.74) is 0. The van der Waals surface area contributed by atoms with E-state index >= 15 is 0 Å². The third kappa shape index (κ3) is 20.3. The van der Waals surface area contributed by atoms with Crippen LogP contribution < -0.4 is 0 Å². The van der Waals surface area contributed by atoms with Gasteiger partial charge in [0.15, 0.2) is 11.5 Å². The molecule has 0 spiro atoms. The van der Waals surface area contributed by atoms with E-state index in [-0.39, 0.29) is 0 Å². The van der Waals surface area contributed by atoms with Gasteiger partial charge in [0.2, 0.25) is 12.6 Å². The summed E-state index contributed by atoms with van der Waals surface area (Å²) in [6.07, 6.45) is 20.5. The lowest BCUT2D eigenvalue weighted by molar-refractivity contribution is -0.240. The number of hydrogen-bond acceptors (Lipinski definition) is 7. The van der Waals surface area contributed by atoms with E-state index in [1.165, 1.54) is 51.4 Å². The van der Waals surface area contributed by atoms with Gasteiger partial charge in [0, 0.05) is 12.8 Å². The third-order valence-electron chi connectivity index (χ3n) is 7.71. The molecular formula is C36H70O7. The van der Waals surface area contributed by atoms with Crippen LogP contribution >= 0.6 is 0 Å². The lowest BCUT2D eigenvalue weighted by Gasteiger charge is -2.29. The van der Waals surface area contributed by atoms with Crippen molar-refractivity contribution in [2.24, 2.45) is 0 Å². The van der Waals surface area contributed by atoms with Gasteiger partial charge in [-0.05, 0) is 25.7 Å². The van der Waals surface area contributed by atoms with Crippen LogP contribution in [0.2, 0.25) is 0 Å². The number of methoxy groups -OCH3 is 4. The Morgan fingerprint density at radius 2 is 0.721 bits per heavy atom. The summed E-state index contributed by atoms with van der Waals surface area (Å²) in [4.78, 5) is 0. The number of allylic oxidation sites excluding steroid dienone is 2. The van der Waals surface area contributed by atoms with Gasteiger partial charge in [-0.3, -0.25) is 0 Å². The molecule has 0 fully saturated rings. The summed E-state index contributed by atoms with van der Waals surface area (Å²) in [6, 6.07) is 0. The Morgan fingerprint density at radius 3 is 1.05 bits per heavy atom. The molecular weight excluding hydrogens is 544 g/mol. The number of ether oxygens (including phenoxy) is 7. The molecule has 0 aromatic rings. The minimum atomic E-state index is -0.800. The molecule has 0 aliphatic carbocycles. The first-order valence-corrected chi connectivity index (χ1v) is 17.6. The highest BCUT2D eigenvalue weighted by atomic mass is 16.8. The number of unbranched alkanes of at least 4 members (excludes halogenated alkanes) is 14. The van der Waals surface area contributed by atoms with Gasteiger partial charge in [-0.25, -0.2) is 0 Å². The van der Waals surface area contributed by atoms with E-state index in [0.717, 1.165) is 88.6 Å². The quantitative estimate of drug-likeness (QED) is 0.0424. The van der Waals surface area contributed by atoms with Gasteiger partial charge in [0.25, 0.3) is 0 Å². The van der Waals surface area contributed by atoms with Crippen LogP contribution in [-0.2, 0) is 33.2 Å². The molecule has 0 aliphatic rings. The van der Waals surface area contributed by atoms with Crippen molar-refractivity contribution < 1.29 is 33.2 Å². The maximum Gasteiger partial charge on any atom is 0.223 e. The second kappa shape index (κ2) is 30.6. The Morgan fingerprint density at radius 1 is 0.395 bits per heavy atom. The van der Waals surface area contributed by atoms with E-state index in [2.05, 4.69) is 27.7 Å². The molecule has 2 atom stereocenters. The third-order valence-corrected chi connectivity index (χ3v) is 7.71. The fourth-order valence-electron chi connectivity index (χ4n) is 5.02. The van der Waals surface area contributed by atoms with Gasteiger partial charge < -0.3 is 33.2 Å². The first kappa shape index (κ1) is 41.6. The van der Waals surface area contributed by atoms with Gasteiger partial charge in [-0.15, -0.1) is 0 Å². The molecule has 7 heteroatoms. The number of rotatable bonds is 32. The van der Waals surface area contributed by atoms with Crippen molar-refractivity contribution in [3.05, 3.63) is 23.0 Å². The highest BCUT2D eigenvalue weighted by molar-refractivity contribution is 5.08. The second-order valence-corrected chi connectivity index (χ2v) is 11.4. The smallest absolute Gasteiger partial charge is 0.223 e. The predicted molar refractivity (Wildman–Crippen MR) is 178 cm³/mol. The summed E-state index contributed by atoms with van der Waals surface area (Å²) >= 11 is 0. The molecule has 0 aliphatic heterocycles. The molecule has 256 valence electrons. The first-order chi connectivity index (χ1) is 21.1. The van der Waals surface area contributed by atoms with Crippen LogP contribution in [0.4, 0.5) is 0 Å². The Hall–Kier alpha value is -1.44. The zero-order valence-corrected chi connectivity index (χ0v) is 29.6. The highest BCUT2D eigenvalue weighted by Gasteiger charge is 2.31. The van der Waals surface area contributed by atoms with Crippen LogP contribution in [0.25, 0.3) is 0 Å². The summed E-state index contributed by atoms with van der Waals surface area (Å²) in [6.45, 7) is 9.98. The Kier molecular flexibility index (Phi) is 29.6. The predicted octanol–water partition coefficient (Wildman–Crippen LogP) is 10.6. The van der Waals surface area contributed by atoms with Crippen molar-refractivity contribution in [3.63, 3.8) is 0 Å². The zero-order valence-electron chi connectivity index (χ0n) is 29.6. The van der Waals surface area contributed by atoms with Crippen LogP contribution in [0.15, 0.2) is 23.0 Å². The van der Waals surface area contributed by atoms with E-state index in [9.17, 15) is 0 Å². The van der Waals surface area contributed by atoms with Crippen LogP contribution in [-0.4, -0.2) is 54.2 Å². The molecule has 0 bridgehead atoms. The van der Waals surface area contributed by atoms with Crippen LogP contribution in [0.5, 0.6) is 0 Å². The Bertz CT molecular complexity index is 621. The average molecular weight is 615 g/mol. The van der Waals surface area contributed by atoms with E-state index in [1.807, 2.05) is 0 Å². The molecule has 0 saturated carbocycles. The van der Waals surface area contributed by atoms with Gasteiger partial charge in [-0.1, -0.05) is 118 Å². The van der Waals surface area contributed by atoms with Gasteiger partial charge in [-0.2, -0.15) is 0 Å². The molecule has 0 N–H and O–H groups in total. The van der Waals surface area contributed by atoms with Gasteiger partial charge in [0.05, 0.1) is 41.7 Å². The molecule has 0 amide bonds. The Balaban J connectivity index is 6.10. The molecule has 2 unspecified atom stereocenters. The van der Waals surface area contributed by atoms with Crippen LogP contribution in [0.3, 0.4) is 0 Å². The van der Waals surface area contributed by atoms with Crippen molar-refractivity contribution >= 4 is 0 Å². The van der Waals surface area contributed by atoms with E-state index in [1.54, 1.807) is 28.4 Å². The standard InChI is InChI=1S/C36H70O7/c1-9-13-17-19-21-25-29-41-35(33(39-7)31(37-5)27-23-15-11-3)43-36(42-30-26-22-20-18-14-10-2)34(40-8)32(38-6)28-24-16-12-4/h35-36H,9-30H2,1-8H3. The average Bonchev–Trinajstić information content (AvgIpc) is 3.02. The highest BCUT2D eigenvalue weighted by Crippen LogP contribution is 2.27. The Labute approximate surface area is 266 Å². The van der Waals surface area contributed by atoms with Crippen molar-refractivity contribution in [1.29, 1.82) is 0 Å². The maximum atomic E-state index is 6.65. The minimum absolute atomic E-state index is 0.554. The van der Waals surface area contributed by atoms with Crippen LogP contribution in [0.1, 0.15) is 156 Å². The SMILES string of the molecule is CCCCCCCCOC(OC(OCCCCCCCC)C(OC)=C(CCCCC)OC)C(OC)=C(CCCCC)OC. The molecule has 0 radical (unpaired) electrons. The molecule has 0 heterocycles. The van der Waals surface area contributed by atoms with E-state index in [0.29, 0.717) is 24.7 Å². The first-order valence-electron chi connectivity index (χ1n) is 17.6. The summed E-state index contributed by atoms with van der Waals surface area (Å²) < 4.78 is 43.0.